The molecule has 0 spiro atoms. The van der Waals surface area contributed by atoms with Crippen LogP contribution in [0.2, 0.25) is 0 Å². The van der Waals surface area contributed by atoms with Gasteiger partial charge in [-0.25, -0.2) is 0 Å². The highest BCUT2D eigenvalue weighted by molar-refractivity contribution is 5.95. The van der Waals surface area contributed by atoms with Gasteiger partial charge in [0, 0.05) is 5.92 Å². The van der Waals surface area contributed by atoms with Crippen molar-refractivity contribution in [3.05, 3.63) is 240 Å². The molecule has 2 aliphatic carbocycles. The molecule has 352 valence electrons. The van der Waals surface area contributed by atoms with Crippen LogP contribution in [0.1, 0.15) is 169 Å². The number of hydrogen-bond acceptors (Lipinski definition) is 0. The van der Waals surface area contributed by atoms with Crippen molar-refractivity contribution in [3.8, 4) is 0 Å². The number of hydrogen-bond donors (Lipinski definition) is 0. The van der Waals surface area contributed by atoms with Crippen molar-refractivity contribution in [2.75, 3.05) is 0 Å². The Morgan fingerprint density at radius 2 is 1.18 bits per heavy atom. The normalized spacial score (nSPS) is 13.9. The van der Waals surface area contributed by atoms with Gasteiger partial charge < -0.3 is 0 Å². The van der Waals surface area contributed by atoms with Crippen molar-refractivity contribution < 1.29 is 0 Å². The van der Waals surface area contributed by atoms with E-state index < -0.39 is 5.41 Å². The average molecular weight is 873 g/mol. The Hall–Kier alpha value is -5.46. The first kappa shape index (κ1) is 61.6. The van der Waals surface area contributed by atoms with Crippen LogP contribution in [-0.4, -0.2) is 0 Å². The first-order valence-electron chi connectivity index (χ1n) is 23.9. The molecule has 5 rings (SSSR count). The Morgan fingerprint density at radius 3 is 1.63 bits per heavy atom. The molecule has 0 bridgehead atoms. The third-order valence-electron chi connectivity index (χ3n) is 10.7. The summed E-state index contributed by atoms with van der Waals surface area (Å²) in [6.07, 6.45) is 27.9. The van der Waals surface area contributed by atoms with E-state index in [0.29, 0.717) is 5.92 Å². The molecule has 1 unspecified atom stereocenters. The number of aryl methyl sites for hydroxylation is 1. The minimum absolute atomic E-state index is 0. The monoisotopic (exact) mass is 873 g/mol. The molecule has 0 radical (unpaired) electrons. The third-order valence-corrected chi connectivity index (χ3v) is 10.7. The molecular weight excluding hydrogens is 781 g/mol. The Kier molecular flexibility index (Phi) is 33.1. The maximum Gasteiger partial charge on any atom is 0.0698 e. The van der Waals surface area contributed by atoms with E-state index in [2.05, 4.69) is 219 Å². The molecule has 0 aromatic heterocycles. The molecule has 65 heavy (non-hydrogen) atoms. The summed E-state index contributed by atoms with van der Waals surface area (Å²) in [5.41, 5.74) is 16.0. The second kappa shape index (κ2) is 34.9. The van der Waals surface area contributed by atoms with Crippen LogP contribution in [0.5, 0.6) is 0 Å². The van der Waals surface area contributed by atoms with Gasteiger partial charge >= 0.3 is 0 Å². The summed E-state index contributed by atoms with van der Waals surface area (Å²) in [5, 5.41) is 0. The number of allylic oxidation sites excluding steroid dienone is 18. The molecule has 0 saturated heterocycles. The van der Waals surface area contributed by atoms with Crippen molar-refractivity contribution in [2.24, 2.45) is 0 Å². The SMILES string of the molecule is C.C=C(/C=C\CC)C(=C)/C=C(\C)C(=C)C.C=C(C)c1cccc(C2C=C3C(=CC2)C(C(=C)/C=C\C)(C(=C)/C=C\C)c2ccccc23)c1.CCC.CCCC.CCCC.Cc1ccccc1. The number of benzene rings is 3. The lowest BCUT2D eigenvalue weighted by atomic mass is 9.66. The van der Waals surface area contributed by atoms with Crippen LogP contribution in [-0.2, 0) is 5.41 Å². The zero-order valence-corrected chi connectivity index (χ0v) is 43.0. The summed E-state index contributed by atoms with van der Waals surface area (Å²) in [6, 6.07) is 27.8. The van der Waals surface area contributed by atoms with Gasteiger partial charge in [0.1, 0.15) is 0 Å². The lowest BCUT2D eigenvalue weighted by Gasteiger charge is -2.36. The van der Waals surface area contributed by atoms with Crippen molar-refractivity contribution >= 4 is 11.1 Å². The van der Waals surface area contributed by atoms with Crippen LogP contribution >= 0.6 is 0 Å². The molecule has 2 aliphatic rings. The van der Waals surface area contributed by atoms with E-state index in [4.69, 9.17) is 0 Å². The summed E-state index contributed by atoms with van der Waals surface area (Å²) in [7, 11) is 0. The highest BCUT2D eigenvalue weighted by Gasteiger charge is 2.48. The van der Waals surface area contributed by atoms with E-state index in [-0.39, 0.29) is 7.43 Å². The maximum atomic E-state index is 4.54. The summed E-state index contributed by atoms with van der Waals surface area (Å²) in [6.45, 7) is 52.3. The predicted octanol–water partition coefficient (Wildman–Crippen LogP) is 21.0. The number of fused-ring (bicyclic) bond motifs is 3. The fourth-order valence-electron chi connectivity index (χ4n) is 6.69. The van der Waals surface area contributed by atoms with Crippen LogP contribution in [0.3, 0.4) is 0 Å². The molecular formula is C65H92. The highest BCUT2D eigenvalue weighted by Crippen LogP contribution is 2.59. The van der Waals surface area contributed by atoms with Crippen LogP contribution in [0, 0.1) is 6.92 Å². The van der Waals surface area contributed by atoms with Crippen molar-refractivity contribution in [1.82, 2.24) is 0 Å². The van der Waals surface area contributed by atoms with Crippen molar-refractivity contribution in [2.45, 2.75) is 154 Å². The molecule has 0 aliphatic heterocycles. The van der Waals surface area contributed by atoms with E-state index in [1.54, 1.807) is 0 Å². The first-order chi connectivity index (χ1) is 30.6. The second-order valence-corrected chi connectivity index (χ2v) is 16.6. The molecule has 1 atom stereocenters. The summed E-state index contributed by atoms with van der Waals surface area (Å²) >= 11 is 0. The van der Waals surface area contributed by atoms with Gasteiger partial charge in [-0.3, -0.25) is 0 Å². The summed E-state index contributed by atoms with van der Waals surface area (Å²) in [4.78, 5) is 0. The van der Waals surface area contributed by atoms with Crippen LogP contribution in [0.4, 0.5) is 0 Å². The third kappa shape index (κ3) is 20.1. The molecule has 0 fully saturated rings. The predicted molar refractivity (Wildman–Crippen MR) is 302 cm³/mol. The Morgan fingerprint density at radius 1 is 0.662 bits per heavy atom. The first-order valence-corrected chi connectivity index (χ1v) is 23.9. The van der Waals surface area contributed by atoms with Gasteiger partial charge in [0.2, 0.25) is 0 Å². The van der Waals surface area contributed by atoms with Gasteiger partial charge in [0.05, 0.1) is 5.41 Å². The van der Waals surface area contributed by atoms with Crippen molar-refractivity contribution in [1.29, 1.82) is 0 Å². The van der Waals surface area contributed by atoms with Crippen LogP contribution < -0.4 is 0 Å². The van der Waals surface area contributed by atoms with Gasteiger partial charge in [0.25, 0.3) is 0 Å². The molecule has 0 heteroatoms. The fraction of sp³-hybridized carbons (Fsp3) is 0.354. The molecule has 0 saturated carbocycles. The Labute approximate surface area is 402 Å². The van der Waals surface area contributed by atoms with E-state index in [0.717, 1.165) is 51.9 Å². The quantitative estimate of drug-likeness (QED) is 0.150. The molecule has 0 amide bonds. The topological polar surface area (TPSA) is 0 Å². The smallest absolute Gasteiger partial charge is 0.0698 e. The van der Waals surface area contributed by atoms with Gasteiger partial charge in [-0.05, 0) is 116 Å². The van der Waals surface area contributed by atoms with E-state index in [1.807, 2.05) is 44.2 Å². The van der Waals surface area contributed by atoms with Gasteiger partial charge in [-0.2, -0.15) is 0 Å². The molecule has 3 aromatic carbocycles. The lowest BCUT2D eigenvalue weighted by molar-refractivity contribution is 0.748. The maximum absolute atomic E-state index is 4.54. The van der Waals surface area contributed by atoms with E-state index in [9.17, 15) is 0 Å². The Balaban J connectivity index is 0. The zero-order chi connectivity index (χ0) is 48.7. The standard InChI is InChI=1S/C32H32.C14H20.C7H8.2C4H10.C3H8.CH4/c1-7-12-23(5)32(24(6)13-8-2)30-17-10-9-16-28(30)29-21-27(18-19-31(29)32)26-15-11-14-25(20-26)22(3)4;1-7-8-9-12(4)14(6)10-13(5)11(2)3;1-7-5-3-2-4-6-7;2*1-3-4-2;1-3-2;/h7-17,19-21,27H,3,5-6,18H2,1-2,4H3;8-10H,2,4,6-7H2,1,3,5H3;2-6H,1H3;2*3-4H2,1-2H3;3H2,1-2H3;1H4/b12-7-,13-8-;9-8-,13-10+;;;;;. The van der Waals surface area contributed by atoms with Gasteiger partial charge in [0.15, 0.2) is 0 Å². The highest BCUT2D eigenvalue weighted by atomic mass is 14.5. The molecule has 0 heterocycles. The van der Waals surface area contributed by atoms with Gasteiger partial charge in [-0.1, -0.05) is 278 Å². The van der Waals surface area contributed by atoms with Crippen LogP contribution in [0.25, 0.3) is 11.1 Å². The van der Waals surface area contributed by atoms with E-state index >= 15 is 0 Å². The zero-order valence-electron chi connectivity index (χ0n) is 43.0. The second-order valence-electron chi connectivity index (χ2n) is 16.6. The lowest BCUT2D eigenvalue weighted by Crippen LogP contribution is -2.29. The largest absolute Gasteiger partial charge is 0.0958 e. The molecule has 0 nitrogen and oxygen atoms in total. The van der Waals surface area contributed by atoms with E-state index in [1.165, 1.54) is 71.1 Å². The van der Waals surface area contributed by atoms with Gasteiger partial charge in [-0.15, -0.1) is 0 Å². The Bertz CT molecular complexity index is 2080. The average Bonchev–Trinajstić information content (AvgIpc) is 3.60. The fourth-order valence-corrected chi connectivity index (χ4v) is 6.69. The van der Waals surface area contributed by atoms with Crippen LogP contribution in [0.15, 0.2) is 212 Å². The summed E-state index contributed by atoms with van der Waals surface area (Å²) in [5.74, 6) is 0.335. The molecule has 3 aromatic rings. The number of unbranched alkanes of at least 4 members (excludes halogenated alkanes) is 2. The number of rotatable bonds is 13. The van der Waals surface area contributed by atoms with Crippen molar-refractivity contribution in [3.63, 3.8) is 0 Å². The summed E-state index contributed by atoms with van der Waals surface area (Å²) < 4.78 is 0. The minimum atomic E-state index is -0.425. The molecule has 0 N–H and O–H groups in total. The minimum Gasteiger partial charge on any atom is -0.0958 e.